The highest BCUT2D eigenvalue weighted by Gasteiger charge is 2.17. The first kappa shape index (κ1) is 20.5. The highest BCUT2D eigenvalue weighted by atomic mass is 35.5. The predicted molar refractivity (Wildman–Crippen MR) is 118 cm³/mol. The quantitative estimate of drug-likeness (QED) is 0.633. The minimum atomic E-state index is 0.599. The molecular weight excluding hydrogens is 372 g/mol. The van der Waals surface area contributed by atoms with E-state index in [2.05, 4.69) is 39.6 Å². The zero-order valence-corrected chi connectivity index (χ0v) is 18.1. The molecule has 0 aliphatic carbocycles. The van der Waals surface area contributed by atoms with Crippen molar-refractivity contribution in [3.63, 3.8) is 0 Å². The van der Waals surface area contributed by atoms with Crippen molar-refractivity contribution in [3.8, 4) is 11.4 Å². The van der Waals surface area contributed by atoms with Gasteiger partial charge in [0.15, 0.2) is 0 Å². The molecule has 0 saturated carbocycles. The Hall–Kier alpha value is -2.24. The number of methoxy groups -OCH3 is 1. The molecule has 0 bridgehead atoms. The second-order valence-electron chi connectivity index (χ2n) is 6.78. The molecule has 150 valence electrons. The van der Waals surface area contributed by atoms with Crippen LogP contribution >= 0.6 is 11.6 Å². The van der Waals surface area contributed by atoms with Crippen LogP contribution < -0.4 is 9.64 Å². The van der Waals surface area contributed by atoms with E-state index in [9.17, 15) is 0 Å². The Morgan fingerprint density at radius 1 is 0.964 bits per heavy atom. The maximum absolute atomic E-state index is 6.35. The van der Waals surface area contributed by atoms with Crippen LogP contribution in [0.15, 0.2) is 36.4 Å². The molecule has 5 nitrogen and oxygen atoms in total. The number of hydrogen-bond acceptors (Lipinski definition) is 4. The number of ether oxygens (including phenoxy) is 1. The fourth-order valence-electron chi connectivity index (χ4n) is 3.57. The molecule has 0 atom stereocenters. The van der Waals surface area contributed by atoms with Crippen LogP contribution in [0.3, 0.4) is 0 Å². The Labute approximate surface area is 172 Å². The predicted octanol–water partition coefficient (Wildman–Crippen LogP) is 4.77. The molecule has 1 aliphatic heterocycles. The van der Waals surface area contributed by atoms with Crippen molar-refractivity contribution in [1.82, 2.24) is 14.5 Å². The Bertz CT molecular complexity index is 945. The molecule has 28 heavy (non-hydrogen) atoms. The largest absolute Gasteiger partial charge is 0.495 e. The number of imidazole rings is 1. The first-order valence-corrected chi connectivity index (χ1v) is 10.2. The second-order valence-corrected chi connectivity index (χ2v) is 7.18. The third-order valence-electron chi connectivity index (χ3n) is 5.07. The SMILES string of the molecule is CC.COc1ccc(-n2c(C)nc3ccc(N4CCN(C)CC4)cc32)cc1Cl. The Morgan fingerprint density at radius 2 is 1.64 bits per heavy atom. The molecule has 1 aromatic heterocycles. The molecule has 2 heterocycles. The van der Waals surface area contributed by atoms with E-state index in [4.69, 9.17) is 21.3 Å². The maximum Gasteiger partial charge on any atom is 0.137 e. The lowest BCUT2D eigenvalue weighted by Crippen LogP contribution is -2.44. The van der Waals surface area contributed by atoms with Crippen molar-refractivity contribution in [2.45, 2.75) is 20.8 Å². The highest BCUT2D eigenvalue weighted by Crippen LogP contribution is 2.31. The molecule has 1 saturated heterocycles. The standard InChI is InChI=1S/C20H23ClN4O.C2H6/c1-14-22-18-6-4-15(24-10-8-23(2)9-11-24)13-19(18)25(14)16-5-7-20(26-3)17(21)12-16;1-2/h4-7,12-13H,8-11H2,1-3H3;1-2H3. The van der Waals surface area contributed by atoms with Gasteiger partial charge in [0.25, 0.3) is 0 Å². The number of hydrogen-bond donors (Lipinski definition) is 0. The third kappa shape index (κ3) is 3.96. The minimum absolute atomic E-state index is 0.599. The van der Waals surface area contributed by atoms with Gasteiger partial charge in [-0.15, -0.1) is 0 Å². The molecule has 1 fully saturated rings. The Morgan fingerprint density at radius 3 is 2.29 bits per heavy atom. The molecule has 0 amide bonds. The number of piperazine rings is 1. The molecule has 0 unspecified atom stereocenters. The summed E-state index contributed by atoms with van der Waals surface area (Å²) >= 11 is 6.35. The summed E-state index contributed by atoms with van der Waals surface area (Å²) in [6, 6.07) is 12.4. The average Bonchev–Trinajstić information content (AvgIpc) is 3.05. The number of rotatable bonds is 3. The lowest BCUT2D eigenvalue weighted by atomic mass is 10.2. The van der Waals surface area contributed by atoms with Crippen LogP contribution in [0.25, 0.3) is 16.7 Å². The van der Waals surface area contributed by atoms with Gasteiger partial charge in [-0.1, -0.05) is 25.4 Å². The third-order valence-corrected chi connectivity index (χ3v) is 5.36. The summed E-state index contributed by atoms with van der Waals surface area (Å²) in [4.78, 5) is 9.52. The van der Waals surface area contributed by atoms with E-state index in [-0.39, 0.29) is 0 Å². The molecule has 6 heteroatoms. The van der Waals surface area contributed by atoms with Gasteiger partial charge < -0.3 is 14.5 Å². The number of benzene rings is 2. The van der Waals surface area contributed by atoms with Crippen LogP contribution in [-0.2, 0) is 0 Å². The lowest BCUT2D eigenvalue weighted by molar-refractivity contribution is 0.313. The number of likely N-dealkylation sites (N-methyl/N-ethyl adjacent to an activating group) is 1. The number of aromatic nitrogens is 2. The van der Waals surface area contributed by atoms with Crippen LogP contribution in [0.5, 0.6) is 5.75 Å². The van der Waals surface area contributed by atoms with E-state index in [1.54, 1.807) is 7.11 Å². The first-order valence-electron chi connectivity index (χ1n) is 9.83. The summed E-state index contributed by atoms with van der Waals surface area (Å²) in [6.45, 7) is 10.3. The van der Waals surface area contributed by atoms with E-state index >= 15 is 0 Å². The monoisotopic (exact) mass is 400 g/mol. The summed E-state index contributed by atoms with van der Waals surface area (Å²) in [5.41, 5.74) is 4.32. The molecule has 1 aliphatic rings. The summed E-state index contributed by atoms with van der Waals surface area (Å²) in [5, 5.41) is 0.599. The Kier molecular flexibility index (Phi) is 6.47. The van der Waals surface area contributed by atoms with Gasteiger partial charge in [-0.25, -0.2) is 4.98 Å². The van der Waals surface area contributed by atoms with Gasteiger partial charge in [-0.05, 0) is 50.4 Å². The first-order chi connectivity index (χ1) is 13.6. The van der Waals surface area contributed by atoms with Gasteiger partial charge in [0.2, 0.25) is 0 Å². The molecule has 0 N–H and O–H groups in total. The van der Waals surface area contributed by atoms with Gasteiger partial charge in [0.1, 0.15) is 11.6 Å². The average molecular weight is 401 g/mol. The second kappa shape index (κ2) is 8.84. The number of halogens is 1. The molecule has 0 spiro atoms. The highest BCUT2D eigenvalue weighted by molar-refractivity contribution is 6.32. The summed E-state index contributed by atoms with van der Waals surface area (Å²) in [7, 11) is 3.80. The fraction of sp³-hybridized carbons (Fsp3) is 0.409. The van der Waals surface area contributed by atoms with Gasteiger partial charge in [0, 0.05) is 37.6 Å². The van der Waals surface area contributed by atoms with Crippen molar-refractivity contribution in [1.29, 1.82) is 0 Å². The minimum Gasteiger partial charge on any atom is -0.495 e. The topological polar surface area (TPSA) is 33.5 Å². The zero-order chi connectivity index (χ0) is 20.3. The number of nitrogens with zero attached hydrogens (tertiary/aromatic N) is 4. The lowest BCUT2D eigenvalue weighted by Gasteiger charge is -2.34. The van der Waals surface area contributed by atoms with Crippen LogP contribution in [0.2, 0.25) is 5.02 Å². The van der Waals surface area contributed by atoms with Crippen LogP contribution in [0, 0.1) is 6.92 Å². The van der Waals surface area contributed by atoms with Gasteiger partial charge >= 0.3 is 0 Å². The fourth-order valence-corrected chi connectivity index (χ4v) is 3.82. The van der Waals surface area contributed by atoms with E-state index in [1.165, 1.54) is 5.69 Å². The zero-order valence-electron chi connectivity index (χ0n) is 17.4. The van der Waals surface area contributed by atoms with Crippen molar-refractivity contribution in [2.24, 2.45) is 0 Å². The summed E-state index contributed by atoms with van der Waals surface area (Å²) in [5.74, 6) is 1.62. The van der Waals surface area contributed by atoms with Gasteiger partial charge in [0.05, 0.1) is 23.2 Å². The van der Waals surface area contributed by atoms with Crippen LogP contribution in [0.4, 0.5) is 5.69 Å². The molecule has 2 aromatic carbocycles. The van der Waals surface area contributed by atoms with Crippen LogP contribution in [-0.4, -0.2) is 54.8 Å². The smallest absolute Gasteiger partial charge is 0.137 e. The van der Waals surface area contributed by atoms with Gasteiger partial charge in [-0.3, -0.25) is 4.57 Å². The molecular formula is C22H29ClN4O. The maximum atomic E-state index is 6.35. The molecule has 3 aromatic rings. The van der Waals surface area contributed by atoms with Crippen molar-refractivity contribution in [3.05, 3.63) is 47.2 Å². The Balaban J connectivity index is 0.00000109. The summed E-state index contributed by atoms with van der Waals surface area (Å²) < 4.78 is 7.43. The van der Waals surface area contributed by atoms with E-state index in [1.807, 2.05) is 39.0 Å². The number of fused-ring (bicyclic) bond motifs is 1. The van der Waals surface area contributed by atoms with E-state index < -0.39 is 0 Å². The van der Waals surface area contributed by atoms with Gasteiger partial charge in [-0.2, -0.15) is 0 Å². The van der Waals surface area contributed by atoms with E-state index in [0.29, 0.717) is 10.8 Å². The normalized spacial score (nSPS) is 14.7. The van der Waals surface area contributed by atoms with Crippen molar-refractivity contribution in [2.75, 3.05) is 45.2 Å². The van der Waals surface area contributed by atoms with E-state index in [0.717, 1.165) is 48.7 Å². The molecule has 0 radical (unpaired) electrons. The van der Waals surface area contributed by atoms with Crippen LogP contribution in [0.1, 0.15) is 19.7 Å². The summed E-state index contributed by atoms with van der Waals surface area (Å²) in [6.07, 6.45) is 0. The van der Waals surface area contributed by atoms with Crippen molar-refractivity contribution >= 4 is 28.3 Å². The van der Waals surface area contributed by atoms with Crippen molar-refractivity contribution < 1.29 is 4.74 Å². The number of aryl methyl sites for hydroxylation is 1. The molecule has 4 rings (SSSR count). The number of anilines is 1.